The normalized spacial score (nSPS) is 17.2. The van der Waals surface area contributed by atoms with Crippen LogP contribution in [0.2, 0.25) is 0 Å². The number of aryl methyl sites for hydroxylation is 1. The lowest BCUT2D eigenvalue weighted by atomic mass is 10.0. The molecule has 0 radical (unpaired) electrons. The van der Waals surface area contributed by atoms with E-state index in [0.29, 0.717) is 36.4 Å². The van der Waals surface area contributed by atoms with Crippen molar-refractivity contribution in [3.63, 3.8) is 0 Å². The molecule has 3 rings (SSSR count). The fourth-order valence-corrected chi connectivity index (χ4v) is 3.64. The molecule has 0 atom stereocenters. The standard InChI is InChI=1S/C23H30N6O3/c1-15-10-17(12-26-11-15)19(24)7-8-20(25)27-21(31)13-29-9-3-4-16(14-30)22(29)23(32)28(2)18-5-6-18/h7-8,10-12,14,18H,3-6,9,13,24-25H2,1-2H3,(H,27,31)/b19-7-,20-8+. The summed E-state index contributed by atoms with van der Waals surface area (Å²) in [5.41, 5.74) is 14.9. The molecular formula is C23H30N6O3. The van der Waals surface area contributed by atoms with E-state index in [1.165, 1.54) is 6.08 Å². The second kappa shape index (κ2) is 10.1. The first-order valence-corrected chi connectivity index (χ1v) is 10.7. The van der Waals surface area contributed by atoms with Crippen molar-refractivity contribution in [3.05, 3.63) is 58.8 Å². The van der Waals surface area contributed by atoms with Crippen molar-refractivity contribution in [1.82, 2.24) is 20.1 Å². The Kier molecular flexibility index (Phi) is 7.29. The molecule has 0 saturated heterocycles. The number of hydrogen-bond acceptors (Lipinski definition) is 7. The van der Waals surface area contributed by atoms with Crippen LogP contribution in [0, 0.1) is 6.92 Å². The van der Waals surface area contributed by atoms with Crippen LogP contribution < -0.4 is 16.8 Å². The third-order valence-corrected chi connectivity index (χ3v) is 5.52. The van der Waals surface area contributed by atoms with E-state index in [-0.39, 0.29) is 30.2 Å². The SMILES string of the molecule is Cc1cncc(/C(N)=C/C=C(\N)NC(=O)CN2CCCC(C=O)=C2C(=O)N(C)C2CC2)c1. The highest BCUT2D eigenvalue weighted by Crippen LogP contribution is 2.29. The van der Waals surface area contributed by atoms with Gasteiger partial charge in [-0.3, -0.25) is 19.4 Å². The zero-order valence-electron chi connectivity index (χ0n) is 18.5. The van der Waals surface area contributed by atoms with E-state index in [4.69, 9.17) is 11.5 Å². The van der Waals surface area contributed by atoms with Gasteiger partial charge in [0.15, 0.2) is 0 Å². The molecule has 0 bridgehead atoms. The van der Waals surface area contributed by atoms with Gasteiger partial charge in [0.1, 0.15) is 17.8 Å². The fraction of sp³-hybridized carbons (Fsp3) is 0.391. The Morgan fingerprint density at radius 2 is 2.03 bits per heavy atom. The maximum absolute atomic E-state index is 13.0. The maximum atomic E-state index is 13.0. The molecule has 170 valence electrons. The van der Waals surface area contributed by atoms with Gasteiger partial charge in [-0.05, 0) is 56.4 Å². The summed E-state index contributed by atoms with van der Waals surface area (Å²) in [4.78, 5) is 44.6. The number of pyridine rings is 1. The lowest BCUT2D eigenvalue weighted by Crippen LogP contribution is -2.45. The van der Waals surface area contributed by atoms with Gasteiger partial charge >= 0.3 is 0 Å². The summed E-state index contributed by atoms with van der Waals surface area (Å²) in [6, 6.07) is 2.10. The quantitative estimate of drug-likeness (QED) is 0.403. The molecule has 1 saturated carbocycles. The second-order valence-electron chi connectivity index (χ2n) is 8.21. The van der Waals surface area contributed by atoms with Crippen LogP contribution in [0.1, 0.15) is 36.8 Å². The summed E-state index contributed by atoms with van der Waals surface area (Å²) in [5, 5.41) is 2.61. The minimum Gasteiger partial charge on any atom is -0.398 e. The lowest BCUT2D eigenvalue weighted by Gasteiger charge is -2.33. The van der Waals surface area contributed by atoms with E-state index in [0.717, 1.165) is 30.3 Å². The van der Waals surface area contributed by atoms with Crippen LogP contribution in [0.3, 0.4) is 0 Å². The molecular weight excluding hydrogens is 408 g/mol. The molecule has 1 aromatic rings. The minimum atomic E-state index is -0.380. The molecule has 2 aliphatic rings. The van der Waals surface area contributed by atoms with Crippen molar-refractivity contribution < 1.29 is 14.4 Å². The maximum Gasteiger partial charge on any atom is 0.270 e. The summed E-state index contributed by atoms with van der Waals surface area (Å²) in [7, 11) is 1.74. The minimum absolute atomic E-state index is 0.0769. The first-order valence-electron chi connectivity index (χ1n) is 10.7. The molecule has 1 fully saturated rings. The molecule has 0 aromatic carbocycles. The molecule has 2 heterocycles. The molecule has 5 N–H and O–H groups in total. The van der Waals surface area contributed by atoms with E-state index in [9.17, 15) is 14.4 Å². The Hall–Kier alpha value is -3.62. The van der Waals surface area contributed by atoms with Crippen molar-refractivity contribution in [2.75, 3.05) is 20.1 Å². The highest BCUT2D eigenvalue weighted by atomic mass is 16.2. The van der Waals surface area contributed by atoms with Crippen molar-refractivity contribution in [3.8, 4) is 0 Å². The van der Waals surface area contributed by atoms with E-state index in [2.05, 4.69) is 10.3 Å². The third kappa shape index (κ3) is 5.75. The summed E-state index contributed by atoms with van der Waals surface area (Å²) in [6.07, 6.45) is 10.3. The molecule has 1 aromatic heterocycles. The van der Waals surface area contributed by atoms with Gasteiger partial charge in [0.05, 0.1) is 6.54 Å². The molecule has 9 heteroatoms. The first kappa shape index (κ1) is 23.1. The highest BCUT2D eigenvalue weighted by molar-refractivity contribution is 5.99. The van der Waals surface area contributed by atoms with Crippen LogP contribution in [0.4, 0.5) is 0 Å². The highest BCUT2D eigenvalue weighted by Gasteiger charge is 2.35. The topological polar surface area (TPSA) is 135 Å². The molecule has 2 amide bonds. The van der Waals surface area contributed by atoms with Gasteiger partial charge in [-0.25, -0.2) is 0 Å². The number of nitrogens with one attached hydrogen (secondary N) is 1. The van der Waals surface area contributed by atoms with Crippen LogP contribution in [-0.2, 0) is 14.4 Å². The van der Waals surface area contributed by atoms with Crippen molar-refractivity contribution in [2.24, 2.45) is 11.5 Å². The summed E-state index contributed by atoms with van der Waals surface area (Å²) < 4.78 is 0. The molecule has 1 aliphatic heterocycles. The number of allylic oxidation sites excluding steroid dienone is 3. The number of hydrogen-bond donors (Lipinski definition) is 3. The zero-order valence-corrected chi connectivity index (χ0v) is 18.5. The van der Waals surface area contributed by atoms with Crippen molar-refractivity contribution in [1.29, 1.82) is 0 Å². The Morgan fingerprint density at radius 1 is 1.28 bits per heavy atom. The van der Waals surface area contributed by atoms with Gasteiger partial charge in [0.2, 0.25) is 5.91 Å². The summed E-state index contributed by atoms with van der Waals surface area (Å²) in [6.45, 7) is 2.36. The van der Waals surface area contributed by atoms with E-state index in [1.54, 1.807) is 35.3 Å². The summed E-state index contributed by atoms with van der Waals surface area (Å²) in [5.74, 6) is -0.472. The van der Waals surface area contributed by atoms with Crippen molar-refractivity contribution in [2.45, 2.75) is 38.6 Å². The number of aldehydes is 1. The van der Waals surface area contributed by atoms with E-state index < -0.39 is 0 Å². The van der Waals surface area contributed by atoms with Gasteiger partial charge in [0.25, 0.3) is 5.91 Å². The number of aromatic nitrogens is 1. The molecule has 1 aliphatic carbocycles. The molecule has 0 unspecified atom stereocenters. The van der Waals surface area contributed by atoms with Crippen LogP contribution in [0.5, 0.6) is 0 Å². The Bertz CT molecular complexity index is 993. The van der Waals surface area contributed by atoms with Crippen LogP contribution in [0.15, 0.2) is 47.7 Å². The molecule has 0 spiro atoms. The number of carbonyl (C=O) groups excluding carboxylic acids is 3. The third-order valence-electron chi connectivity index (χ3n) is 5.52. The van der Waals surface area contributed by atoms with Crippen molar-refractivity contribution >= 4 is 23.8 Å². The first-order chi connectivity index (χ1) is 15.3. The van der Waals surface area contributed by atoms with Gasteiger partial charge in [-0.2, -0.15) is 0 Å². The smallest absolute Gasteiger partial charge is 0.270 e. The predicted molar refractivity (Wildman–Crippen MR) is 121 cm³/mol. The van der Waals surface area contributed by atoms with Gasteiger partial charge in [-0.1, -0.05) is 0 Å². The van der Waals surface area contributed by atoms with Gasteiger partial charge < -0.3 is 26.6 Å². The fourth-order valence-electron chi connectivity index (χ4n) is 3.64. The number of carbonyl (C=O) groups is 3. The average molecular weight is 439 g/mol. The Morgan fingerprint density at radius 3 is 2.69 bits per heavy atom. The molecule has 32 heavy (non-hydrogen) atoms. The van der Waals surface area contributed by atoms with Crippen LogP contribution >= 0.6 is 0 Å². The van der Waals surface area contributed by atoms with E-state index in [1.807, 2.05) is 13.0 Å². The van der Waals surface area contributed by atoms with Crippen LogP contribution in [0.25, 0.3) is 5.70 Å². The number of rotatable bonds is 8. The van der Waals surface area contributed by atoms with Gasteiger partial charge in [0, 0.05) is 48.9 Å². The Balaban J connectivity index is 1.66. The number of nitrogens with zero attached hydrogens (tertiary/aromatic N) is 3. The van der Waals surface area contributed by atoms with Crippen LogP contribution in [-0.4, -0.2) is 59.1 Å². The Labute approximate surface area is 187 Å². The average Bonchev–Trinajstić information content (AvgIpc) is 3.61. The zero-order chi connectivity index (χ0) is 23.3. The molecule has 9 nitrogen and oxygen atoms in total. The lowest BCUT2D eigenvalue weighted by molar-refractivity contribution is -0.129. The number of likely N-dealkylation sites (N-methyl/N-ethyl adjacent to an activating group) is 1. The van der Waals surface area contributed by atoms with E-state index >= 15 is 0 Å². The number of amides is 2. The summed E-state index contributed by atoms with van der Waals surface area (Å²) >= 11 is 0. The number of nitrogens with two attached hydrogens (primary N) is 2. The van der Waals surface area contributed by atoms with Gasteiger partial charge in [-0.15, -0.1) is 0 Å². The largest absolute Gasteiger partial charge is 0.398 e. The predicted octanol–water partition coefficient (Wildman–Crippen LogP) is 0.776. The second-order valence-corrected chi connectivity index (χ2v) is 8.21. The monoisotopic (exact) mass is 438 g/mol.